The summed E-state index contributed by atoms with van der Waals surface area (Å²) in [6.45, 7) is 0. The fraction of sp³-hybridized carbons (Fsp3) is 0.300. The summed E-state index contributed by atoms with van der Waals surface area (Å²) in [7, 11) is 0. The van der Waals surface area contributed by atoms with Crippen molar-refractivity contribution in [2.75, 3.05) is 0 Å². The van der Waals surface area contributed by atoms with Crippen LogP contribution >= 0.6 is 0 Å². The van der Waals surface area contributed by atoms with E-state index in [0.29, 0.717) is 0 Å². The topological polar surface area (TPSA) is 49.4 Å². The van der Waals surface area contributed by atoms with Gasteiger partial charge in [0.1, 0.15) is 0 Å². The highest BCUT2D eigenvalue weighted by molar-refractivity contribution is 6.09. The maximum absolute atomic E-state index is 4.77. The SMILES string of the molecule is C1=C/C2=C/C3=NC(=C\C4=NC(=C\C5=NC(=C\C1=N2)/CC5)/CC4)/CC3. The van der Waals surface area contributed by atoms with Gasteiger partial charge in [-0.1, -0.05) is 0 Å². The number of nitrogens with zero attached hydrogens (tertiary/aromatic N) is 4. The summed E-state index contributed by atoms with van der Waals surface area (Å²) in [4.78, 5) is 19.0. The third kappa shape index (κ3) is 2.68. The average Bonchev–Trinajstić information content (AvgIpc) is 3.32. The van der Waals surface area contributed by atoms with E-state index in [-0.39, 0.29) is 0 Å². The van der Waals surface area contributed by atoms with Crippen LogP contribution in [0, 0.1) is 0 Å². The van der Waals surface area contributed by atoms with Crippen LogP contribution < -0.4 is 0 Å². The van der Waals surface area contributed by atoms with Crippen molar-refractivity contribution in [3.05, 3.63) is 59.2 Å². The van der Waals surface area contributed by atoms with Crippen LogP contribution in [0.2, 0.25) is 0 Å². The molecule has 0 spiro atoms. The molecule has 5 aliphatic heterocycles. The summed E-state index contributed by atoms with van der Waals surface area (Å²) >= 11 is 0. The Hall–Kier alpha value is -2.62. The predicted octanol–water partition coefficient (Wildman–Crippen LogP) is 4.25. The van der Waals surface area contributed by atoms with Crippen molar-refractivity contribution in [1.29, 1.82) is 0 Å². The first-order valence-electron chi connectivity index (χ1n) is 8.63. The molecule has 24 heavy (non-hydrogen) atoms. The zero-order valence-electron chi connectivity index (χ0n) is 13.5. The zero-order valence-corrected chi connectivity index (χ0v) is 13.5. The van der Waals surface area contributed by atoms with Gasteiger partial charge in [-0.15, -0.1) is 0 Å². The van der Waals surface area contributed by atoms with E-state index >= 15 is 0 Å². The van der Waals surface area contributed by atoms with Crippen molar-refractivity contribution in [2.24, 2.45) is 20.0 Å². The number of fused-ring (bicyclic) bond motifs is 4. The monoisotopic (exact) mass is 314 g/mol. The third-order valence-corrected chi connectivity index (χ3v) is 4.75. The Morgan fingerprint density at radius 3 is 1.67 bits per heavy atom. The summed E-state index contributed by atoms with van der Waals surface area (Å²) in [5, 5.41) is 0. The lowest BCUT2D eigenvalue weighted by Crippen LogP contribution is -1.88. The normalized spacial score (nSPS) is 33.3. The molecule has 0 saturated carbocycles. The van der Waals surface area contributed by atoms with Gasteiger partial charge in [-0.2, -0.15) is 0 Å². The van der Waals surface area contributed by atoms with Gasteiger partial charge >= 0.3 is 0 Å². The standard InChI is InChI=1S/C20H18N4/c1-2-14-10-16-5-6-18(23-16)12-20-8-7-19(24-20)11-17-4-3-15(22-17)9-13(1)21-14/h1-2,9-12H,3-8H2/b13-9-,14-10?,15-9?,16-10-,17-11-,18-12?,19-11?,20-12-. The smallest absolute Gasteiger partial charge is 0.0655 e. The average molecular weight is 314 g/mol. The van der Waals surface area contributed by atoms with Crippen LogP contribution in [0.5, 0.6) is 0 Å². The Kier molecular flexibility index (Phi) is 3.15. The number of allylic oxidation sites excluding steroid dienone is 9. The van der Waals surface area contributed by atoms with Crippen LogP contribution in [-0.4, -0.2) is 22.8 Å². The largest absolute Gasteiger partial charge is 0.258 e. The third-order valence-electron chi connectivity index (χ3n) is 4.75. The number of hydrogen-bond donors (Lipinski definition) is 0. The molecule has 0 unspecified atom stereocenters. The molecule has 5 heterocycles. The molecule has 5 rings (SSSR count). The second-order valence-electron chi connectivity index (χ2n) is 6.66. The maximum atomic E-state index is 4.77. The minimum atomic E-state index is 0.983. The molecule has 5 aliphatic rings. The Morgan fingerprint density at radius 2 is 1.04 bits per heavy atom. The molecule has 0 aromatic heterocycles. The van der Waals surface area contributed by atoms with Gasteiger partial charge in [0.05, 0.1) is 11.4 Å². The molecule has 0 radical (unpaired) electrons. The molecular weight excluding hydrogens is 296 g/mol. The van der Waals surface area contributed by atoms with E-state index in [0.717, 1.165) is 84.2 Å². The highest BCUT2D eigenvalue weighted by atomic mass is 14.9. The van der Waals surface area contributed by atoms with Gasteiger partial charge in [-0.3, -0.25) is 15.0 Å². The van der Waals surface area contributed by atoms with E-state index < -0.39 is 0 Å². The first-order valence-corrected chi connectivity index (χ1v) is 8.63. The molecule has 118 valence electrons. The van der Waals surface area contributed by atoms with Crippen LogP contribution in [0.4, 0.5) is 0 Å². The number of rotatable bonds is 0. The zero-order chi connectivity index (χ0) is 15.9. The van der Waals surface area contributed by atoms with Crippen molar-refractivity contribution in [3.8, 4) is 0 Å². The van der Waals surface area contributed by atoms with Crippen LogP contribution in [-0.2, 0) is 0 Å². The molecular formula is C20H18N4. The maximum Gasteiger partial charge on any atom is 0.0655 e. The van der Waals surface area contributed by atoms with E-state index in [1.54, 1.807) is 0 Å². The van der Waals surface area contributed by atoms with Crippen molar-refractivity contribution in [3.63, 3.8) is 0 Å². The predicted molar refractivity (Wildman–Crippen MR) is 98.9 cm³/mol. The van der Waals surface area contributed by atoms with E-state index in [1.807, 2.05) is 0 Å². The Morgan fingerprint density at radius 1 is 0.500 bits per heavy atom. The van der Waals surface area contributed by atoms with Gasteiger partial charge in [-0.25, -0.2) is 4.99 Å². The van der Waals surface area contributed by atoms with Crippen molar-refractivity contribution < 1.29 is 0 Å². The number of aliphatic imine (C=N–C) groups is 4. The molecule has 0 aromatic carbocycles. The molecule has 4 heteroatoms. The van der Waals surface area contributed by atoms with Crippen LogP contribution in [0.15, 0.2) is 79.2 Å². The van der Waals surface area contributed by atoms with Crippen LogP contribution in [0.1, 0.15) is 38.5 Å². The summed E-state index contributed by atoms with van der Waals surface area (Å²) in [6.07, 6.45) is 18.6. The van der Waals surface area contributed by atoms with Crippen LogP contribution in [0.3, 0.4) is 0 Å². The Bertz CT molecular complexity index is 898. The van der Waals surface area contributed by atoms with Crippen LogP contribution in [0.25, 0.3) is 0 Å². The minimum Gasteiger partial charge on any atom is -0.258 e. The minimum absolute atomic E-state index is 0.983. The lowest BCUT2D eigenvalue weighted by molar-refractivity contribution is 1.05. The molecule has 0 atom stereocenters. The first-order chi connectivity index (χ1) is 11.8. The van der Waals surface area contributed by atoms with Gasteiger partial charge in [-0.05, 0) is 75.0 Å². The lowest BCUT2D eigenvalue weighted by atomic mass is 10.1. The summed E-state index contributed by atoms with van der Waals surface area (Å²) < 4.78 is 0. The second kappa shape index (κ2) is 5.48. The van der Waals surface area contributed by atoms with Gasteiger partial charge in [0.15, 0.2) is 0 Å². The fourth-order valence-electron chi connectivity index (χ4n) is 3.57. The van der Waals surface area contributed by atoms with Crippen molar-refractivity contribution in [2.45, 2.75) is 38.5 Å². The van der Waals surface area contributed by atoms with Crippen molar-refractivity contribution in [1.82, 2.24) is 0 Å². The summed E-state index contributed by atoms with van der Waals surface area (Å²) in [5.41, 5.74) is 8.77. The van der Waals surface area contributed by atoms with Gasteiger partial charge in [0, 0.05) is 34.2 Å². The molecule has 8 bridgehead atoms. The Balaban J connectivity index is 1.61. The van der Waals surface area contributed by atoms with E-state index in [2.05, 4.69) is 41.4 Å². The summed E-state index contributed by atoms with van der Waals surface area (Å²) in [5.74, 6) is 0. The van der Waals surface area contributed by atoms with Gasteiger partial charge < -0.3 is 0 Å². The highest BCUT2D eigenvalue weighted by Crippen LogP contribution is 2.26. The van der Waals surface area contributed by atoms with Gasteiger partial charge in [0.2, 0.25) is 0 Å². The first kappa shape index (κ1) is 13.8. The molecule has 0 saturated heterocycles. The van der Waals surface area contributed by atoms with Gasteiger partial charge in [0.25, 0.3) is 0 Å². The lowest BCUT2D eigenvalue weighted by Gasteiger charge is -1.93. The molecule has 0 amide bonds. The van der Waals surface area contributed by atoms with E-state index in [4.69, 9.17) is 15.0 Å². The molecule has 0 N–H and O–H groups in total. The second-order valence-corrected chi connectivity index (χ2v) is 6.66. The quantitative estimate of drug-likeness (QED) is 0.642. The Labute approximate surface area is 141 Å². The molecule has 0 fully saturated rings. The van der Waals surface area contributed by atoms with E-state index in [1.165, 1.54) is 0 Å². The van der Waals surface area contributed by atoms with Crippen molar-refractivity contribution >= 4 is 22.8 Å². The summed E-state index contributed by atoms with van der Waals surface area (Å²) in [6, 6.07) is 0. The molecule has 4 nitrogen and oxygen atoms in total. The van der Waals surface area contributed by atoms with E-state index in [9.17, 15) is 0 Å². The fourth-order valence-corrected chi connectivity index (χ4v) is 3.57. The number of hydrogen-bond acceptors (Lipinski definition) is 4. The molecule has 0 aromatic rings. The highest BCUT2D eigenvalue weighted by Gasteiger charge is 2.17. The molecule has 0 aliphatic carbocycles.